The summed E-state index contributed by atoms with van der Waals surface area (Å²) in [6.45, 7) is 0.244. The fourth-order valence-electron chi connectivity index (χ4n) is 6.92. The minimum Gasteiger partial charge on any atom is -0.396 e. The fraction of sp³-hybridized carbons (Fsp3) is 1.00. The molecule has 0 aromatic carbocycles. The first-order valence-electron chi connectivity index (χ1n) is 13.7. The SMILES string of the molecule is OCCC1CCCCCCCCCCCCCCC(CCO)(CCO)C1(CCO)CCO. The molecule has 1 unspecified atom stereocenters. The van der Waals surface area contributed by atoms with E-state index in [0.29, 0.717) is 32.1 Å². The lowest BCUT2D eigenvalue weighted by molar-refractivity contribution is -0.100. The van der Waals surface area contributed by atoms with Crippen LogP contribution in [0.5, 0.6) is 0 Å². The predicted molar refractivity (Wildman–Crippen MR) is 132 cm³/mol. The van der Waals surface area contributed by atoms with Crippen LogP contribution < -0.4 is 0 Å². The zero-order chi connectivity index (χ0) is 23.5. The summed E-state index contributed by atoms with van der Waals surface area (Å²) < 4.78 is 0. The Balaban J connectivity index is 3.32. The Kier molecular flexibility index (Phi) is 16.9. The minimum atomic E-state index is -0.390. The van der Waals surface area contributed by atoms with Crippen molar-refractivity contribution in [2.24, 2.45) is 16.7 Å². The van der Waals surface area contributed by atoms with Gasteiger partial charge in [-0.3, -0.25) is 0 Å². The molecule has 5 N–H and O–H groups in total. The summed E-state index contributed by atoms with van der Waals surface area (Å²) in [7, 11) is 0. The van der Waals surface area contributed by atoms with E-state index in [1.54, 1.807) is 0 Å². The first-order chi connectivity index (χ1) is 15.7. The summed E-state index contributed by atoms with van der Waals surface area (Å²) >= 11 is 0. The lowest BCUT2D eigenvalue weighted by Crippen LogP contribution is -2.50. The molecule has 0 radical (unpaired) electrons. The largest absolute Gasteiger partial charge is 0.396 e. The van der Waals surface area contributed by atoms with Crippen LogP contribution in [-0.2, 0) is 0 Å². The van der Waals surface area contributed by atoms with E-state index < -0.39 is 5.41 Å². The second kappa shape index (κ2) is 18.2. The Bertz CT molecular complexity index is 416. The molecule has 32 heavy (non-hydrogen) atoms. The first-order valence-corrected chi connectivity index (χ1v) is 13.7. The number of hydrogen-bond acceptors (Lipinski definition) is 5. The number of rotatable bonds is 10. The van der Waals surface area contributed by atoms with Crippen LogP contribution in [0.1, 0.15) is 122 Å². The van der Waals surface area contributed by atoms with Gasteiger partial charge in [0.05, 0.1) is 0 Å². The first kappa shape index (κ1) is 29.8. The van der Waals surface area contributed by atoms with Crippen LogP contribution in [0, 0.1) is 16.7 Å². The van der Waals surface area contributed by atoms with E-state index in [-0.39, 0.29) is 44.4 Å². The molecule has 1 fully saturated rings. The van der Waals surface area contributed by atoms with Crippen molar-refractivity contribution < 1.29 is 25.5 Å². The van der Waals surface area contributed by atoms with Crippen LogP contribution in [0.2, 0.25) is 0 Å². The smallest absolute Gasteiger partial charge is 0.0436 e. The maximum Gasteiger partial charge on any atom is 0.0436 e. The van der Waals surface area contributed by atoms with Gasteiger partial charge in [0, 0.05) is 33.0 Å². The van der Waals surface area contributed by atoms with Gasteiger partial charge in [-0.2, -0.15) is 0 Å². The Labute approximate surface area is 197 Å². The molecule has 0 saturated heterocycles. The molecule has 192 valence electrons. The third-order valence-corrected chi connectivity index (χ3v) is 8.57. The van der Waals surface area contributed by atoms with Crippen molar-refractivity contribution in [2.75, 3.05) is 33.0 Å². The molecule has 0 spiro atoms. The maximum absolute atomic E-state index is 10.2. The zero-order valence-corrected chi connectivity index (χ0v) is 20.8. The van der Waals surface area contributed by atoms with E-state index in [1.165, 1.54) is 57.8 Å². The van der Waals surface area contributed by atoms with Crippen LogP contribution >= 0.6 is 0 Å². The molecule has 1 aliphatic carbocycles. The molecule has 1 saturated carbocycles. The van der Waals surface area contributed by atoms with Gasteiger partial charge in [-0.25, -0.2) is 0 Å². The quantitative estimate of drug-likeness (QED) is 0.318. The summed E-state index contributed by atoms with van der Waals surface area (Å²) in [5.74, 6) is 0.167. The Hall–Kier alpha value is -0.200. The van der Waals surface area contributed by atoms with Crippen LogP contribution in [0.3, 0.4) is 0 Å². The van der Waals surface area contributed by atoms with E-state index >= 15 is 0 Å². The second-order valence-electron chi connectivity index (χ2n) is 10.3. The average molecular weight is 459 g/mol. The summed E-state index contributed by atoms with van der Waals surface area (Å²) in [5.41, 5.74) is -0.728. The topological polar surface area (TPSA) is 101 Å². The highest BCUT2D eigenvalue weighted by atomic mass is 16.3. The van der Waals surface area contributed by atoms with Crippen molar-refractivity contribution >= 4 is 0 Å². The van der Waals surface area contributed by atoms with Gasteiger partial charge in [0.25, 0.3) is 0 Å². The molecule has 1 aliphatic rings. The van der Waals surface area contributed by atoms with Crippen molar-refractivity contribution in [3.63, 3.8) is 0 Å². The number of aliphatic hydroxyl groups excluding tert-OH is 5. The molecule has 0 amide bonds. The molecular formula is C27H54O5. The van der Waals surface area contributed by atoms with E-state index in [1.807, 2.05) is 0 Å². The highest BCUT2D eigenvalue weighted by Gasteiger charge is 2.52. The Morgan fingerprint density at radius 1 is 0.469 bits per heavy atom. The molecule has 0 aliphatic heterocycles. The number of aliphatic hydroxyl groups is 5. The zero-order valence-electron chi connectivity index (χ0n) is 20.8. The van der Waals surface area contributed by atoms with Gasteiger partial charge in [-0.1, -0.05) is 77.0 Å². The van der Waals surface area contributed by atoms with Crippen molar-refractivity contribution in [1.82, 2.24) is 0 Å². The van der Waals surface area contributed by atoms with E-state index in [4.69, 9.17) is 0 Å². The van der Waals surface area contributed by atoms with Gasteiger partial charge >= 0.3 is 0 Å². The van der Waals surface area contributed by atoms with E-state index in [2.05, 4.69) is 0 Å². The second-order valence-corrected chi connectivity index (χ2v) is 10.3. The van der Waals surface area contributed by atoms with Crippen LogP contribution in [-0.4, -0.2) is 58.6 Å². The van der Waals surface area contributed by atoms with E-state index in [0.717, 1.165) is 32.1 Å². The molecule has 0 bridgehead atoms. The van der Waals surface area contributed by atoms with Gasteiger partial charge in [0.2, 0.25) is 0 Å². The van der Waals surface area contributed by atoms with Gasteiger partial charge in [-0.05, 0) is 61.7 Å². The Morgan fingerprint density at radius 2 is 0.875 bits per heavy atom. The maximum atomic E-state index is 10.2. The highest BCUT2D eigenvalue weighted by molar-refractivity contribution is 5.01. The van der Waals surface area contributed by atoms with Crippen molar-refractivity contribution in [3.05, 3.63) is 0 Å². The van der Waals surface area contributed by atoms with Crippen molar-refractivity contribution in [3.8, 4) is 0 Å². The molecule has 0 aromatic heterocycles. The summed E-state index contributed by atoms with van der Waals surface area (Å²) in [4.78, 5) is 0. The highest BCUT2D eigenvalue weighted by Crippen LogP contribution is 2.59. The van der Waals surface area contributed by atoms with E-state index in [9.17, 15) is 25.5 Å². The Morgan fingerprint density at radius 3 is 1.28 bits per heavy atom. The van der Waals surface area contributed by atoms with Crippen molar-refractivity contribution in [1.29, 1.82) is 0 Å². The molecular weight excluding hydrogens is 404 g/mol. The van der Waals surface area contributed by atoms with Crippen LogP contribution in [0.15, 0.2) is 0 Å². The van der Waals surface area contributed by atoms with Crippen molar-refractivity contribution in [2.45, 2.75) is 122 Å². The van der Waals surface area contributed by atoms with Gasteiger partial charge in [0.1, 0.15) is 0 Å². The molecule has 0 aromatic rings. The van der Waals surface area contributed by atoms with Gasteiger partial charge in [-0.15, -0.1) is 0 Å². The molecule has 5 nitrogen and oxygen atoms in total. The third kappa shape index (κ3) is 9.21. The monoisotopic (exact) mass is 458 g/mol. The predicted octanol–water partition coefficient (Wildman–Crippen LogP) is 4.96. The number of hydrogen-bond donors (Lipinski definition) is 5. The lowest BCUT2D eigenvalue weighted by Gasteiger charge is -2.56. The molecule has 1 atom stereocenters. The fourth-order valence-corrected chi connectivity index (χ4v) is 6.92. The lowest BCUT2D eigenvalue weighted by atomic mass is 9.49. The molecule has 0 heterocycles. The molecule has 1 rings (SSSR count). The third-order valence-electron chi connectivity index (χ3n) is 8.57. The van der Waals surface area contributed by atoms with Gasteiger partial charge < -0.3 is 25.5 Å². The van der Waals surface area contributed by atoms with Crippen LogP contribution in [0.4, 0.5) is 0 Å². The molecule has 5 heteroatoms. The van der Waals surface area contributed by atoms with Crippen LogP contribution in [0.25, 0.3) is 0 Å². The summed E-state index contributed by atoms with van der Waals surface area (Å²) in [5, 5.41) is 50.5. The summed E-state index contributed by atoms with van der Waals surface area (Å²) in [6.07, 6.45) is 19.6. The minimum absolute atomic E-state index is 0.0283. The van der Waals surface area contributed by atoms with Gasteiger partial charge in [0.15, 0.2) is 0 Å². The standard InChI is InChI=1S/C27H54O5/c28-20-14-25-13-11-9-7-5-3-1-2-4-6-8-10-12-15-26(16-21-29,17-22-30)27(25,18-23-31)19-24-32/h25,28-32H,1-24H2. The average Bonchev–Trinajstić information content (AvgIpc) is 2.78. The summed E-state index contributed by atoms with van der Waals surface area (Å²) in [6, 6.07) is 0. The normalized spacial score (nSPS) is 24.1.